The van der Waals surface area contributed by atoms with Gasteiger partial charge in [0.1, 0.15) is 17.2 Å². The Hall–Kier alpha value is -5.71. The Morgan fingerprint density at radius 3 is 2.52 bits per heavy atom. The zero-order valence-corrected chi connectivity index (χ0v) is 23.1. The van der Waals surface area contributed by atoms with Crippen LogP contribution in [0.25, 0.3) is 16.3 Å². The lowest BCUT2D eigenvalue weighted by Gasteiger charge is -2.38. The second-order valence-corrected chi connectivity index (χ2v) is 11.0. The molecule has 1 aliphatic carbocycles. The molecule has 218 valence electrons. The fourth-order valence-corrected chi connectivity index (χ4v) is 6.94. The van der Waals surface area contributed by atoms with Crippen LogP contribution in [-0.4, -0.2) is 36.6 Å². The number of allylic oxidation sites excluding steroid dienone is 1. The molecule has 4 aromatic rings. The van der Waals surface area contributed by atoms with Crippen LogP contribution in [0.2, 0.25) is 0 Å². The molecule has 0 saturated carbocycles. The molecule has 3 heterocycles. The van der Waals surface area contributed by atoms with Gasteiger partial charge in [0.15, 0.2) is 11.5 Å². The number of hydrogen-bond donors (Lipinski definition) is 0. The third-order valence-corrected chi connectivity index (χ3v) is 8.89. The summed E-state index contributed by atoms with van der Waals surface area (Å²) in [6.45, 7) is 0.0529. The van der Waals surface area contributed by atoms with Crippen molar-refractivity contribution in [3.63, 3.8) is 0 Å². The molecule has 1 fully saturated rings. The minimum atomic E-state index is -1.17. The Kier molecular flexibility index (Phi) is 5.54. The third-order valence-electron chi connectivity index (χ3n) is 8.89. The lowest BCUT2D eigenvalue weighted by Crippen LogP contribution is -2.42. The van der Waals surface area contributed by atoms with E-state index in [2.05, 4.69) is 0 Å². The van der Waals surface area contributed by atoms with Gasteiger partial charge in [-0.25, -0.2) is 4.90 Å². The van der Waals surface area contributed by atoms with E-state index in [1.807, 2.05) is 42.5 Å². The van der Waals surface area contributed by atoms with E-state index in [0.717, 1.165) is 21.7 Å². The lowest BCUT2D eigenvalue weighted by atomic mass is 9.64. The molecule has 0 N–H and O–H groups in total. The molecule has 0 aromatic heterocycles. The van der Waals surface area contributed by atoms with Crippen molar-refractivity contribution in [2.24, 2.45) is 17.8 Å². The first-order valence-corrected chi connectivity index (χ1v) is 13.9. The second kappa shape index (κ2) is 9.40. The van der Waals surface area contributed by atoms with E-state index < -0.39 is 52.1 Å². The van der Waals surface area contributed by atoms with Crippen LogP contribution >= 0.6 is 0 Å². The van der Waals surface area contributed by atoms with E-state index in [0.29, 0.717) is 33.9 Å². The van der Waals surface area contributed by atoms with Crippen molar-refractivity contribution in [3.05, 3.63) is 100 Å². The minimum absolute atomic E-state index is 0.0529. The van der Waals surface area contributed by atoms with Crippen molar-refractivity contribution >= 4 is 45.5 Å². The molecule has 4 atom stereocenters. The Balaban J connectivity index is 1.34. The van der Waals surface area contributed by atoms with Crippen molar-refractivity contribution in [3.8, 4) is 23.0 Å². The predicted molar refractivity (Wildman–Crippen MR) is 155 cm³/mol. The molecule has 0 bridgehead atoms. The fourth-order valence-electron chi connectivity index (χ4n) is 6.94. The SMILES string of the molecule is COc1ccc(N2C(=O)[C@@H]3[C@@H]4C(=O)Oc5c(ccc6ccccc56)C4=C[C@H](c4ccc5c(c4)OCO5)[C@H]3C2=O)c([N+](=O)[O-])c1. The van der Waals surface area contributed by atoms with Crippen LogP contribution in [0.3, 0.4) is 0 Å². The normalized spacial score (nSPS) is 23.1. The fraction of sp³-hybridized carbons (Fsp3) is 0.182. The summed E-state index contributed by atoms with van der Waals surface area (Å²) in [5, 5.41) is 13.7. The van der Waals surface area contributed by atoms with Crippen LogP contribution in [0.4, 0.5) is 11.4 Å². The molecule has 2 amide bonds. The Morgan fingerprint density at radius 1 is 0.909 bits per heavy atom. The number of nitrogens with zero attached hydrogens (tertiary/aromatic N) is 2. The van der Waals surface area contributed by atoms with Gasteiger partial charge in [-0.05, 0) is 40.8 Å². The number of nitro groups is 1. The average Bonchev–Trinajstić information content (AvgIpc) is 3.61. The van der Waals surface area contributed by atoms with Crippen LogP contribution in [0.1, 0.15) is 17.0 Å². The molecule has 4 aromatic carbocycles. The van der Waals surface area contributed by atoms with E-state index in [1.165, 1.54) is 19.2 Å². The van der Waals surface area contributed by atoms with Gasteiger partial charge in [-0.3, -0.25) is 24.5 Å². The monoisotopic (exact) mass is 590 g/mol. The highest BCUT2D eigenvalue weighted by atomic mass is 16.7. The maximum atomic E-state index is 14.3. The summed E-state index contributed by atoms with van der Waals surface area (Å²) in [4.78, 5) is 54.7. The van der Waals surface area contributed by atoms with Gasteiger partial charge in [0.05, 0.1) is 35.9 Å². The number of rotatable bonds is 4. The van der Waals surface area contributed by atoms with Crippen molar-refractivity contribution in [2.75, 3.05) is 18.8 Å². The summed E-state index contributed by atoms with van der Waals surface area (Å²) in [5.74, 6) is -4.40. The highest BCUT2D eigenvalue weighted by Crippen LogP contribution is 2.56. The lowest BCUT2D eigenvalue weighted by molar-refractivity contribution is -0.384. The topological polar surface area (TPSA) is 135 Å². The first-order valence-electron chi connectivity index (χ1n) is 13.9. The number of imide groups is 1. The molecule has 3 aliphatic heterocycles. The number of hydrogen-bond acceptors (Lipinski definition) is 9. The third kappa shape index (κ3) is 3.58. The maximum Gasteiger partial charge on any atom is 0.319 e. The van der Waals surface area contributed by atoms with Gasteiger partial charge < -0.3 is 18.9 Å². The predicted octanol–water partition coefficient (Wildman–Crippen LogP) is 5.01. The molecule has 0 spiro atoms. The van der Waals surface area contributed by atoms with Crippen molar-refractivity contribution in [1.29, 1.82) is 0 Å². The summed E-state index contributed by atoms with van der Waals surface area (Å²) < 4.78 is 22.2. The van der Waals surface area contributed by atoms with Crippen LogP contribution in [0, 0.1) is 27.9 Å². The summed E-state index contributed by atoms with van der Waals surface area (Å²) in [5.41, 5.74) is 1.22. The first-order chi connectivity index (χ1) is 21.4. The van der Waals surface area contributed by atoms with E-state index in [9.17, 15) is 24.5 Å². The van der Waals surface area contributed by atoms with Crippen LogP contribution < -0.4 is 23.8 Å². The molecule has 11 nitrogen and oxygen atoms in total. The van der Waals surface area contributed by atoms with Crippen LogP contribution in [0.15, 0.2) is 78.9 Å². The number of nitro benzene ring substituents is 1. The zero-order valence-electron chi connectivity index (χ0n) is 23.1. The van der Waals surface area contributed by atoms with Gasteiger partial charge in [-0.15, -0.1) is 0 Å². The zero-order chi connectivity index (χ0) is 30.3. The molecule has 1 saturated heterocycles. The maximum absolute atomic E-state index is 14.3. The molecule has 0 unspecified atom stereocenters. The van der Waals surface area contributed by atoms with E-state index in [4.69, 9.17) is 18.9 Å². The van der Waals surface area contributed by atoms with Crippen LogP contribution in [0.5, 0.6) is 23.0 Å². The number of anilines is 1. The second-order valence-electron chi connectivity index (χ2n) is 11.0. The molecular formula is C33H22N2O9. The van der Waals surface area contributed by atoms with Gasteiger partial charge in [0.2, 0.25) is 18.6 Å². The number of carbonyl (C=O) groups is 3. The van der Waals surface area contributed by atoms with E-state index in [1.54, 1.807) is 18.2 Å². The highest BCUT2D eigenvalue weighted by Gasteiger charge is 2.61. The summed E-state index contributed by atoms with van der Waals surface area (Å²) in [6.07, 6.45) is 1.86. The van der Waals surface area contributed by atoms with Gasteiger partial charge in [-0.1, -0.05) is 48.5 Å². The molecule has 4 aliphatic rings. The largest absolute Gasteiger partial charge is 0.496 e. The number of benzene rings is 4. The van der Waals surface area contributed by atoms with Gasteiger partial charge in [0, 0.05) is 16.9 Å². The molecule has 8 rings (SSSR count). The number of ether oxygens (including phenoxy) is 4. The highest BCUT2D eigenvalue weighted by molar-refractivity contribution is 6.25. The Bertz CT molecular complexity index is 2000. The smallest absolute Gasteiger partial charge is 0.319 e. The molecule has 44 heavy (non-hydrogen) atoms. The molecule has 0 radical (unpaired) electrons. The number of carbonyl (C=O) groups excluding carboxylic acids is 3. The van der Waals surface area contributed by atoms with Gasteiger partial charge in [-0.2, -0.15) is 0 Å². The minimum Gasteiger partial charge on any atom is -0.496 e. The quantitative estimate of drug-likeness (QED) is 0.106. The van der Waals surface area contributed by atoms with Crippen molar-refractivity contribution < 1.29 is 38.3 Å². The summed E-state index contributed by atoms with van der Waals surface area (Å²) >= 11 is 0. The number of methoxy groups -OCH3 is 1. The van der Waals surface area contributed by atoms with Crippen molar-refractivity contribution in [1.82, 2.24) is 0 Å². The van der Waals surface area contributed by atoms with Crippen molar-refractivity contribution in [2.45, 2.75) is 5.92 Å². The number of esters is 1. The van der Waals surface area contributed by atoms with Crippen LogP contribution in [-0.2, 0) is 14.4 Å². The van der Waals surface area contributed by atoms with E-state index >= 15 is 0 Å². The van der Waals surface area contributed by atoms with Gasteiger partial charge in [0.25, 0.3) is 5.69 Å². The Labute approximate surface area is 249 Å². The number of fused-ring (bicyclic) bond motifs is 8. The standard InChI is InChI=1S/C33H22N2O9/c1-41-18-8-10-23(24(13-18)35(39)40)34-31(36)27-21(17-7-11-25-26(12-17)43-15-42-25)14-22-20-9-6-16-4-2-3-5-19(16)30(20)44-33(38)28(22)29(27)32(34)37/h2-14,21,27-29H,15H2,1H3/t21-,27-,28-,29+/m1/s1. The Morgan fingerprint density at radius 2 is 1.70 bits per heavy atom. The summed E-state index contributed by atoms with van der Waals surface area (Å²) in [7, 11) is 1.36. The summed E-state index contributed by atoms with van der Waals surface area (Å²) in [6, 6.07) is 20.5. The van der Waals surface area contributed by atoms with E-state index in [-0.39, 0.29) is 18.2 Å². The average molecular weight is 591 g/mol. The first kappa shape index (κ1) is 26.0. The number of amides is 2. The molecule has 11 heteroatoms. The molecular weight excluding hydrogens is 568 g/mol. The van der Waals surface area contributed by atoms with Gasteiger partial charge >= 0.3 is 5.97 Å².